The molecular formula is C13H23NO3. The van der Waals surface area contributed by atoms with E-state index in [1.807, 2.05) is 0 Å². The summed E-state index contributed by atoms with van der Waals surface area (Å²) in [5.74, 6) is -0.410. The van der Waals surface area contributed by atoms with Crippen LogP contribution in [0.2, 0.25) is 0 Å². The van der Waals surface area contributed by atoms with Crippen LogP contribution in [0.3, 0.4) is 0 Å². The zero-order valence-electron chi connectivity index (χ0n) is 10.8. The number of rotatable bonds is 7. The van der Waals surface area contributed by atoms with Gasteiger partial charge in [0.25, 0.3) is 0 Å². The summed E-state index contributed by atoms with van der Waals surface area (Å²) in [6.45, 7) is 4.87. The van der Waals surface area contributed by atoms with Crippen LogP contribution in [0.15, 0.2) is 0 Å². The number of unbranched alkanes of at least 4 members (excludes halogenated alkanes) is 1. The van der Waals surface area contributed by atoms with Crippen molar-refractivity contribution in [2.45, 2.75) is 58.4 Å². The van der Waals surface area contributed by atoms with Crippen molar-refractivity contribution in [3.05, 3.63) is 0 Å². The zero-order valence-corrected chi connectivity index (χ0v) is 10.8. The number of hydrogen-bond donors (Lipinski definition) is 1. The van der Waals surface area contributed by atoms with E-state index in [2.05, 4.69) is 13.8 Å². The maximum Gasteiger partial charge on any atom is 0.326 e. The first-order valence-corrected chi connectivity index (χ1v) is 6.62. The smallest absolute Gasteiger partial charge is 0.326 e. The van der Waals surface area contributed by atoms with Crippen LogP contribution in [-0.4, -0.2) is 34.5 Å². The van der Waals surface area contributed by atoms with Gasteiger partial charge in [-0.1, -0.05) is 33.1 Å². The number of aliphatic carboxylic acids is 1. The predicted octanol–water partition coefficient (Wildman–Crippen LogP) is 2.28. The molecule has 0 aromatic rings. The van der Waals surface area contributed by atoms with Crippen molar-refractivity contribution in [2.24, 2.45) is 5.92 Å². The molecule has 1 heterocycles. The molecule has 1 N–H and O–H groups in total. The minimum absolute atomic E-state index is 0.00680. The monoisotopic (exact) mass is 241 g/mol. The maximum atomic E-state index is 11.7. The first kappa shape index (κ1) is 14.0. The van der Waals surface area contributed by atoms with Gasteiger partial charge in [0, 0.05) is 13.0 Å². The van der Waals surface area contributed by atoms with Crippen LogP contribution in [0, 0.1) is 5.92 Å². The van der Waals surface area contributed by atoms with Crippen molar-refractivity contribution < 1.29 is 14.7 Å². The highest BCUT2D eigenvalue weighted by molar-refractivity contribution is 5.87. The van der Waals surface area contributed by atoms with Crippen LogP contribution < -0.4 is 0 Å². The van der Waals surface area contributed by atoms with Crippen LogP contribution >= 0.6 is 0 Å². The predicted molar refractivity (Wildman–Crippen MR) is 65.7 cm³/mol. The van der Waals surface area contributed by atoms with Crippen LogP contribution in [0.25, 0.3) is 0 Å². The fourth-order valence-electron chi connectivity index (χ4n) is 2.41. The van der Waals surface area contributed by atoms with Gasteiger partial charge in [-0.3, -0.25) is 4.79 Å². The average Bonchev–Trinajstić information content (AvgIpc) is 2.66. The number of likely N-dealkylation sites (tertiary alicyclic amines) is 1. The Bertz CT molecular complexity index is 278. The van der Waals surface area contributed by atoms with Gasteiger partial charge in [-0.2, -0.15) is 0 Å². The molecule has 1 fully saturated rings. The summed E-state index contributed by atoms with van der Waals surface area (Å²) < 4.78 is 0. The van der Waals surface area contributed by atoms with Crippen molar-refractivity contribution in [3.8, 4) is 0 Å². The number of nitrogens with zero attached hydrogens (tertiary/aromatic N) is 1. The summed E-state index contributed by atoms with van der Waals surface area (Å²) in [5, 5.41) is 9.07. The molecular weight excluding hydrogens is 218 g/mol. The molecule has 0 radical (unpaired) electrons. The molecule has 0 aromatic carbocycles. The fourth-order valence-corrected chi connectivity index (χ4v) is 2.41. The summed E-state index contributed by atoms with van der Waals surface area (Å²) in [7, 11) is 0. The summed E-state index contributed by atoms with van der Waals surface area (Å²) in [5.41, 5.74) is 0. The number of carboxylic acid groups (broad SMARTS) is 1. The first-order valence-electron chi connectivity index (χ1n) is 6.62. The Kier molecular flexibility index (Phi) is 5.45. The average molecular weight is 241 g/mol. The molecule has 1 aliphatic heterocycles. The number of amides is 1. The molecule has 1 aliphatic rings. The van der Waals surface area contributed by atoms with E-state index in [9.17, 15) is 9.59 Å². The highest BCUT2D eigenvalue weighted by Gasteiger charge is 2.36. The molecule has 0 aliphatic carbocycles. The number of carboxylic acids is 1. The summed E-state index contributed by atoms with van der Waals surface area (Å²) in [4.78, 5) is 24.3. The van der Waals surface area contributed by atoms with E-state index in [0.29, 0.717) is 25.3 Å². The Labute approximate surface area is 103 Å². The molecule has 1 amide bonds. The van der Waals surface area contributed by atoms with E-state index < -0.39 is 12.0 Å². The van der Waals surface area contributed by atoms with E-state index in [0.717, 1.165) is 25.7 Å². The van der Waals surface area contributed by atoms with Gasteiger partial charge in [-0.05, 0) is 18.8 Å². The van der Waals surface area contributed by atoms with Crippen LogP contribution in [0.5, 0.6) is 0 Å². The third kappa shape index (κ3) is 3.72. The SMILES string of the molecule is CCCCC(CC)CN1C(=O)CCC1C(=O)O. The molecule has 2 unspecified atom stereocenters. The molecule has 0 aromatic heterocycles. The standard InChI is InChI=1S/C13H23NO3/c1-3-5-6-10(4-2)9-14-11(13(16)17)7-8-12(14)15/h10-11H,3-9H2,1-2H3,(H,16,17). The lowest BCUT2D eigenvalue weighted by Gasteiger charge is -2.26. The normalized spacial score (nSPS) is 21.9. The second-order valence-corrected chi connectivity index (χ2v) is 4.86. The van der Waals surface area contributed by atoms with Gasteiger partial charge < -0.3 is 10.0 Å². The van der Waals surface area contributed by atoms with Gasteiger partial charge >= 0.3 is 5.97 Å². The van der Waals surface area contributed by atoms with E-state index in [1.165, 1.54) is 0 Å². The molecule has 17 heavy (non-hydrogen) atoms. The van der Waals surface area contributed by atoms with Crippen LogP contribution in [0.4, 0.5) is 0 Å². The van der Waals surface area contributed by atoms with Gasteiger partial charge in [0.1, 0.15) is 6.04 Å². The van der Waals surface area contributed by atoms with E-state index in [1.54, 1.807) is 4.90 Å². The Morgan fingerprint density at radius 1 is 1.53 bits per heavy atom. The zero-order chi connectivity index (χ0) is 12.8. The number of hydrogen-bond acceptors (Lipinski definition) is 2. The minimum atomic E-state index is -0.860. The topological polar surface area (TPSA) is 57.6 Å². The van der Waals surface area contributed by atoms with Gasteiger partial charge in [-0.15, -0.1) is 0 Å². The third-order valence-corrected chi connectivity index (χ3v) is 3.61. The van der Waals surface area contributed by atoms with Crippen molar-refractivity contribution in [3.63, 3.8) is 0 Å². The lowest BCUT2D eigenvalue weighted by Crippen LogP contribution is -2.41. The van der Waals surface area contributed by atoms with Crippen molar-refractivity contribution in [1.29, 1.82) is 0 Å². The lowest BCUT2D eigenvalue weighted by molar-refractivity contribution is -0.146. The summed E-state index contributed by atoms with van der Waals surface area (Å²) in [6.07, 6.45) is 5.25. The van der Waals surface area contributed by atoms with E-state index in [-0.39, 0.29) is 5.91 Å². The maximum absolute atomic E-state index is 11.7. The highest BCUT2D eigenvalue weighted by atomic mass is 16.4. The van der Waals surface area contributed by atoms with E-state index >= 15 is 0 Å². The molecule has 0 bridgehead atoms. The quantitative estimate of drug-likeness (QED) is 0.744. The van der Waals surface area contributed by atoms with Gasteiger partial charge in [0.05, 0.1) is 0 Å². The summed E-state index contributed by atoms with van der Waals surface area (Å²) >= 11 is 0. The largest absolute Gasteiger partial charge is 0.480 e. The second-order valence-electron chi connectivity index (χ2n) is 4.86. The first-order chi connectivity index (χ1) is 8.10. The highest BCUT2D eigenvalue weighted by Crippen LogP contribution is 2.23. The Morgan fingerprint density at radius 3 is 2.76 bits per heavy atom. The molecule has 1 rings (SSSR count). The molecule has 98 valence electrons. The third-order valence-electron chi connectivity index (χ3n) is 3.61. The second kappa shape index (κ2) is 6.62. The molecule has 4 nitrogen and oxygen atoms in total. The van der Waals surface area contributed by atoms with Crippen LogP contribution in [-0.2, 0) is 9.59 Å². The molecule has 1 saturated heterocycles. The minimum Gasteiger partial charge on any atom is -0.480 e. The Hall–Kier alpha value is -1.06. The van der Waals surface area contributed by atoms with Crippen molar-refractivity contribution in [1.82, 2.24) is 4.90 Å². The number of carbonyl (C=O) groups is 2. The van der Waals surface area contributed by atoms with Gasteiger partial charge in [0.15, 0.2) is 0 Å². The molecule has 0 spiro atoms. The molecule has 4 heteroatoms. The Balaban J connectivity index is 2.56. The lowest BCUT2D eigenvalue weighted by atomic mass is 9.98. The Morgan fingerprint density at radius 2 is 2.24 bits per heavy atom. The number of carbonyl (C=O) groups excluding carboxylic acids is 1. The molecule has 2 atom stereocenters. The van der Waals surface area contributed by atoms with Crippen molar-refractivity contribution >= 4 is 11.9 Å². The fraction of sp³-hybridized carbons (Fsp3) is 0.846. The summed E-state index contributed by atoms with van der Waals surface area (Å²) in [6, 6.07) is -0.585. The van der Waals surface area contributed by atoms with Gasteiger partial charge in [0.2, 0.25) is 5.91 Å². The van der Waals surface area contributed by atoms with Crippen molar-refractivity contribution in [2.75, 3.05) is 6.54 Å². The van der Waals surface area contributed by atoms with Gasteiger partial charge in [-0.25, -0.2) is 4.79 Å². The van der Waals surface area contributed by atoms with E-state index in [4.69, 9.17) is 5.11 Å². The molecule has 0 saturated carbocycles. The van der Waals surface area contributed by atoms with Crippen LogP contribution in [0.1, 0.15) is 52.4 Å².